The summed E-state index contributed by atoms with van der Waals surface area (Å²) in [4.78, 5) is 2.39. The van der Waals surface area contributed by atoms with Crippen LogP contribution < -0.4 is 10.5 Å². The molecule has 1 aliphatic heterocycles. The first-order chi connectivity index (χ1) is 9.47. The van der Waals surface area contributed by atoms with Crippen LogP contribution in [0.2, 0.25) is 0 Å². The van der Waals surface area contributed by atoms with Crippen molar-refractivity contribution in [3.63, 3.8) is 0 Å². The third-order valence-electron chi connectivity index (χ3n) is 4.14. The Labute approximate surface area is 130 Å². The van der Waals surface area contributed by atoms with Crippen LogP contribution >= 0.6 is 12.4 Å². The van der Waals surface area contributed by atoms with Gasteiger partial charge in [0, 0.05) is 25.2 Å². The van der Waals surface area contributed by atoms with E-state index in [1.807, 2.05) is 12.1 Å². The first-order valence-electron chi connectivity index (χ1n) is 7.01. The third kappa shape index (κ3) is 4.80. The molecule has 21 heavy (non-hydrogen) atoms. The van der Waals surface area contributed by atoms with Gasteiger partial charge in [-0.2, -0.15) is 8.78 Å². The van der Waals surface area contributed by atoms with Crippen LogP contribution in [-0.2, 0) is 0 Å². The Balaban J connectivity index is 0.00000220. The number of halogens is 3. The van der Waals surface area contributed by atoms with Crippen molar-refractivity contribution in [2.24, 2.45) is 11.7 Å². The molecule has 3 unspecified atom stereocenters. The number of nitrogens with two attached hydrogens (primary N) is 1. The molecule has 2 N–H and O–H groups in total. The summed E-state index contributed by atoms with van der Waals surface area (Å²) in [7, 11) is 0. The predicted molar refractivity (Wildman–Crippen MR) is 82.1 cm³/mol. The van der Waals surface area contributed by atoms with Gasteiger partial charge < -0.3 is 10.5 Å². The van der Waals surface area contributed by atoms with Gasteiger partial charge in [-0.05, 0) is 37.0 Å². The first kappa shape index (κ1) is 18.1. The van der Waals surface area contributed by atoms with Crippen LogP contribution in [0.5, 0.6) is 5.75 Å². The van der Waals surface area contributed by atoms with E-state index in [0.717, 1.165) is 25.1 Å². The molecule has 1 aliphatic rings. The van der Waals surface area contributed by atoms with E-state index in [2.05, 4.69) is 23.5 Å². The van der Waals surface area contributed by atoms with Gasteiger partial charge in [-0.3, -0.25) is 4.90 Å². The Kier molecular flexibility index (Phi) is 6.84. The lowest BCUT2D eigenvalue weighted by Crippen LogP contribution is -2.46. The molecule has 1 fully saturated rings. The number of benzene rings is 1. The summed E-state index contributed by atoms with van der Waals surface area (Å²) in [5, 5.41) is 0. The number of rotatable bonds is 4. The molecular weight excluding hydrogens is 298 g/mol. The van der Waals surface area contributed by atoms with Crippen molar-refractivity contribution in [1.82, 2.24) is 4.90 Å². The van der Waals surface area contributed by atoms with E-state index in [9.17, 15) is 8.78 Å². The van der Waals surface area contributed by atoms with Crippen molar-refractivity contribution in [3.05, 3.63) is 29.8 Å². The van der Waals surface area contributed by atoms with Gasteiger partial charge in [0.15, 0.2) is 0 Å². The molecule has 0 bridgehead atoms. The molecule has 3 nitrogen and oxygen atoms in total. The molecular formula is C15H23ClF2N2O. The summed E-state index contributed by atoms with van der Waals surface area (Å²) < 4.78 is 28.6. The van der Waals surface area contributed by atoms with Gasteiger partial charge in [0.05, 0.1) is 0 Å². The summed E-state index contributed by atoms with van der Waals surface area (Å²) in [5.41, 5.74) is 7.14. The molecule has 1 saturated heterocycles. The molecule has 3 atom stereocenters. The highest BCUT2D eigenvalue weighted by atomic mass is 35.5. The predicted octanol–water partition coefficient (Wildman–Crippen LogP) is 3.44. The molecule has 0 spiro atoms. The minimum absolute atomic E-state index is 0. The number of hydrogen-bond donors (Lipinski definition) is 1. The standard InChI is InChI=1S/C15H22F2N2O.ClH/c1-10-9-19(8-7-14(10)18)11(2)12-3-5-13(6-4-12)20-15(16)17;/h3-6,10-11,14-15H,7-9,18H2,1-2H3;1H. The van der Waals surface area contributed by atoms with Crippen LogP contribution in [0.1, 0.15) is 31.9 Å². The Hall–Kier alpha value is -0.910. The molecule has 120 valence electrons. The van der Waals surface area contributed by atoms with Crippen LogP contribution in [-0.4, -0.2) is 30.6 Å². The van der Waals surface area contributed by atoms with Crippen molar-refractivity contribution in [3.8, 4) is 5.75 Å². The van der Waals surface area contributed by atoms with Crippen molar-refractivity contribution < 1.29 is 13.5 Å². The van der Waals surface area contributed by atoms with E-state index in [1.165, 1.54) is 0 Å². The molecule has 0 aliphatic carbocycles. The molecule has 0 radical (unpaired) electrons. The summed E-state index contributed by atoms with van der Waals surface area (Å²) in [6.45, 7) is 3.47. The van der Waals surface area contributed by atoms with E-state index >= 15 is 0 Å². The molecule has 0 saturated carbocycles. The third-order valence-corrected chi connectivity index (χ3v) is 4.14. The maximum absolute atomic E-state index is 12.1. The number of likely N-dealkylation sites (tertiary alicyclic amines) is 1. The fraction of sp³-hybridized carbons (Fsp3) is 0.600. The Bertz CT molecular complexity index is 430. The van der Waals surface area contributed by atoms with Gasteiger partial charge in [-0.15, -0.1) is 12.4 Å². The minimum atomic E-state index is -2.78. The number of alkyl halides is 2. The zero-order valence-corrected chi connectivity index (χ0v) is 13.2. The van der Waals surface area contributed by atoms with E-state index in [0.29, 0.717) is 5.92 Å². The topological polar surface area (TPSA) is 38.5 Å². The second-order valence-electron chi connectivity index (χ2n) is 5.55. The Morgan fingerprint density at radius 3 is 2.43 bits per heavy atom. The first-order valence-corrected chi connectivity index (χ1v) is 7.01. The maximum Gasteiger partial charge on any atom is 0.387 e. The average Bonchev–Trinajstić information content (AvgIpc) is 2.41. The monoisotopic (exact) mass is 320 g/mol. The van der Waals surface area contributed by atoms with Crippen LogP contribution in [0.25, 0.3) is 0 Å². The summed E-state index contributed by atoms with van der Waals surface area (Å²) in [6, 6.07) is 7.42. The molecule has 1 aromatic carbocycles. The highest BCUT2D eigenvalue weighted by molar-refractivity contribution is 5.85. The van der Waals surface area contributed by atoms with Crippen molar-refractivity contribution in [1.29, 1.82) is 0 Å². The van der Waals surface area contributed by atoms with Gasteiger partial charge in [0.1, 0.15) is 5.75 Å². The molecule has 0 aromatic heterocycles. The zero-order chi connectivity index (χ0) is 14.7. The van der Waals surface area contributed by atoms with E-state index in [-0.39, 0.29) is 30.2 Å². The largest absolute Gasteiger partial charge is 0.435 e. The second kappa shape index (κ2) is 7.92. The number of nitrogens with zero attached hydrogens (tertiary/aromatic N) is 1. The second-order valence-corrected chi connectivity index (χ2v) is 5.55. The van der Waals surface area contributed by atoms with Crippen molar-refractivity contribution >= 4 is 12.4 Å². The molecule has 1 aromatic rings. The van der Waals surface area contributed by atoms with Gasteiger partial charge in [-0.1, -0.05) is 19.1 Å². The van der Waals surface area contributed by atoms with Gasteiger partial charge in [0.25, 0.3) is 0 Å². The van der Waals surface area contributed by atoms with E-state index < -0.39 is 6.61 Å². The SMILES string of the molecule is CC1CN(C(C)c2ccc(OC(F)F)cc2)CCC1N.Cl. The maximum atomic E-state index is 12.1. The average molecular weight is 321 g/mol. The van der Waals surface area contributed by atoms with Gasteiger partial charge >= 0.3 is 6.61 Å². The lowest BCUT2D eigenvalue weighted by atomic mass is 9.92. The van der Waals surface area contributed by atoms with Crippen LogP contribution in [0, 0.1) is 5.92 Å². The fourth-order valence-electron chi connectivity index (χ4n) is 2.69. The Morgan fingerprint density at radius 1 is 1.29 bits per heavy atom. The molecule has 1 heterocycles. The van der Waals surface area contributed by atoms with Crippen LogP contribution in [0.3, 0.4) is 0 Å². The highest BCUT2D eigenvalue weighted by Crippen LogP contribution is 2.27. The quantitative estimate of drug-likeness (QED) is 0.923. The van der Waals surface area contributed by atoms with E-state index in [1.54, 1.807) is 12.1 Å². The smallest absolute Gasteiger partial charge is 0.387 e. The van der Waals surface area contributed by atoms with Gasteiger partial charge in [-0.25, -0.2) is 0 Å². The van der Waals surface area contributed by atoms with Crippen LogP contribution in [0.15, 0.2) is 24.3 Å². The highest BCUT2D eigenvalue weighted by Gasteiger charge is 2.26. The molecule has 0 amide bonds. The summed E-state index contributed by atoms with van der Waals surface area (Å²) in [6.07, 6.45) is 0.998. The summed E-state index contributed by atoms with van der Waals surface area (Å²) in [5.74, 6) is 0.678. The molecule has 6 heteroatoms. The van der Waals surface area contributed by atoms with Crippen LogP contribution in [0.4, 0.5) is 8.78 Å². The number of hydrogen-bond acceptors (Lipinski definition) is 3. The number of ether oxygens (including phenoxy) is 1. The fourth-order valence-corrected chi connectivity index (χ4v) is 2.69. The normalized spacial score (nSPS) is 24.5. The Morgan fingerprint density at radius 2 is 1.90 bits per heavy atom. The zero-order valence-electron chi connectivity index (χ0n) is 12.3. The van der Waals surface area contributed by atoms with Gasteiger partial charge in [0.2, 0.25) is 0 Å². The van der Waals surface area contributed by atoms with Crippen molar-refractivity contribution in [2.75, 3.05) is 13.1 Å². The number of piperidine rings is 1. The van der Waals surface area contributed by atoms with E-state index in [4.69, 9.17) is 5.73 Å². The summed E-state index contributed by atoms with van der Waals surface area (Å²) >= 11 is 0. The lowest BCUT2D eigenvalue weighted by molar-refractivity contribution is -0.0498. The minimum Gasteiger partial charge on any atom is -0.435 e. The lowest BCUT2D eigenvalue weighted by Gasteiger charge is -2.38. The molecule has 2 rings (SSSR count). The van der Waals surface area contributed by atoms with Crippen molar-refractivity contribution in [2.45, 2.75) is 39.0 Å².